The van der Waals surface area contributed by atoms with Crippen LogP contribution in [0.3, 0.4) is 0 Å². The lowest BCUT2D eigenvalue weighted by Gasteiger charge is -2.07. The van der Waals surface area contributed by atoms with E-state index in [9.17, 15) is 5.11 Å². The average molecular weight is 168 g/mol. The maximum Gasteiger partial charge on any atom is 0.0540 e. The minimum absolute atomic E-state index is 0.0826. The van der Waals surface area contributed by atoms with Gasteiger partial charge < -0.3 is 5.11 Å². The van der Waals surface area contributed by atoms with Gasteiger partial charge >= 0.3 is 0 Å². The summed E-state index contributed by atoms with van der Waals surface area (Å²) in [6, 6.07) is 0. The second kappa shape index (κ2) is 8.62. The molecule has 0 radical (unpaired) electrons. The third-order valence-electron chi connectivity index (χ3n) is 1.98. The molecule has 0 aromatic rings. The summed E-state index contributed by atoms with van der Waals surface area (Å²) in [7, 11) is 0. The summed E-state index contributed by atoms with van der Waals surface area (Å²) in [5.41, 5.74) is 0. The predicted molar refractivity (Wildman–Crippen MR) is 52.8 cm³/mol. The van der Waals surface area contributed by atoms with E-state index in [1.807, 2.05) is 0 Å². The van der Waals surface area contributed by atoms with Crippen LogP contribution in [0.2, 0.25) is 0 Å². The molecule has 0 aromatic carbocycles. The molecule has 0 aromatic heterocycles. The quantitative estimate of drug-likeness (QED) is 0.458. The lowest BCUT2D eigenvalue weighted by Crippen LogP contribution is -2.04. The van der Waals surface area contributed by atoms with E-state index in [-0.39, 0.29) is 6.10 Å². The fourth-order valence-corrected chi connectivity index (χ4v) is 1.26. The Bertz CT molecular complexity index is 123. The van der Waals surface area contributed by atoms with Gasteiger partial charge in [0, 0.05) is 6.42 Å². The number of aliphatic hydroxyl groups excluding tert-OH is 1. The maximum atomic E-state index is 9.37. The molecule has 0 bridgehead atoms. The van der Waals surface area contributed by atoms with Crippen LogP contribution in [-0.4, -0.2) is 11.2 Å². The monoisotopic (exact) mass is 168 g/mol. The van der Waals surface area contributed by atoms with Crippen molar-refractivity contribution < 1.29 is 5.11 Å². The average Bonchev–Trinajstić information content (AvgIpc) is 2.05. The predicted octanol–water partition coefficient (Wildman–Crippen LogP) is 2.73. The summed E-state index contributed by atoms with van der Waals surface area (Å²) in [4.78, 5) is 0. The van der Waals surface area contributed by atoms with Gasteiger partial charge in [0.05, 0.1) is 6.10 Å². The molecule has 70 valence electrons. The number of terminal acetylenes is 1. The first-order valence-corrected chi connectivity index (χ1v) is 4.92. The Morgan fingerprint density at radius 1 is 1.25 bits per heavy atom. The molecule has 0 aliphatic rings. The molecule has 0 spiro atoms. The van der Waals surface area contributed by atoms with Crippen molar-refractivity contribution in [3.05, 3.63) is 0 Å². The van der Waals surface area contributed by atoms with Crippen molar-refractivity contribution in [1.82, 2.24) is 0 Å². The van der Waals surface area contributed by atoms with Crippen LogP contribution in [0.5, 0.6) is 0 Å². The van der Waals surface area contributed by atoms with E-state index in [0.29, 0.717) is 0 Å². The second-order valence-corrected chi connectivity index (χ2v) is 3.25. The number of rotatable bonds is 7. The SMILES string of the molecule is C#CCCCCCC(O)CCC. The Morgan fingerprint density at radius 3 is 2.58 bits per heavy atom. The van der Waals surface area contributed by atoms with E-state index in [1.54, 1.807) is 0 Å². The van der Waals surface area contributed by atoms with Gasteiger partial charge in [0.15, 0.2) is 0 Å². The highest BCUT2D eigenvalue weighted by Gasteiger charge is 2.00. The first kappa shape index (κ1) is 11.5. The number of unbranched alkanes of at least 4 members (excludes halogenated alkanes) is 3. The molecule has 0 heterocycles. The van der Waals surface area contributed by atoms with Crippen LogP contribution in [0.4, 0.5) is 0 Å². The van der Waals surface area contributed by atoms with Crippen LogP contribution in [0.15, 0.2) is 0 Å². The van der Waals surface area contributed by atoms with Crippen LogP contribution in [0, 0.1) is 12.3 Å². The van der Waals surface area contributed by atoms with Crippen molar-refractivity contribution in [3.8, 4) is 12.3 Å². The van der Waals surface area contributed by atoms with Crippen LogP contribution >= 0.6 is 0 Å². The van der Waals surface area contributed by atoms with Crippen molar-refractivity contribution in [3.63, 3.8) is 0 Å². The molecule has 0 aliphatic carbocycles. The fraction of sp³-hybridized carbons (Fsp3) is 0.818. The Labute approximate surface area is 76.2 Å². The number of hydrogen-bond acceptors (Lipinski definition) is 1. The highest BCUT2D eigenvalue weighted by atomic mass is 16.3. The van der Waals surface area contributed by atoms with Gasteiger partial charge in [-0.1, -0.05) is 26.2 Å². The third-order valence-corrected chi connectivity index (χ3v) is 1.98. The molecule has 0 saturated heterocycles. The maximum absolute atomic E-state index is 9.37. The van der Waals surface area contributed by atoms with Gasteiger partial charge in [0.2, 0.25) is 0 Å². The normalized spacial score (nSPS) is 12.4. The van der Waals surface area contributed by atoms with E-state index in [0.717, 1.165) is 44.9 Å². The van der Waals surface area contributed by atoms with Gasteiger partial charge in [-0.25, -0.2) is 0 Å². The fourth-order valence-electron chi connectivity index (χ4n) is 1.26. The highest BCUT2D eigenvalue weighted by Crippen LogP contribution is 2.08. The summed E-state index contributed by atoms with van der Waals surface area (Å²) < 4.78 is 0. The van der Waals surface area contributed by atoms with Gasteiger partial charge in [-0.2, -0.15) is 0 Å². The smallest absolute Gasteiger partial charge is 0.0540 e. The van der Waals surface area contributed by atoms with Gasteiger partial charge in [0.25, 0.3) is 0 Å². The molecule has 0 aliphatic heterocycles. The largest absolute Gasteiger partial charge is 0.393 e. The van der Waals surface area contributed by atoms with Crippen molar-refractivity contribution in [2.24, 2.45) is 0 Å². The molecular formula is C11H20O. The van der Waals surface area contributed by atoms with Crippen molar-refractivity contribution in [2.75, 3.05) is 0 Å². The minimum atomic E-state index is -0.0826. The standard InChI is InChI=1S/C11H20O/c1-3-5-6-7-8-10-11(12)9-4-2/h1,11-12H,4-10H2,2H3. The van der Waals surface area contributed by atoms with E-state index >= 15 is 0 Å². The van der Waals surface area contributed by atoms with E-state index in [1.165, 1.54) is 0 Å². The summed E-state index contributed by atoms with van der Waals surface area (Å²) in [5.74, 6) is 2.62. The first-order chi connectivity index (χ1) is 5.81. The Morgan fingerprint density at radius 2 is 2.00 bits per heavy atom. The molecule has 0 saturated carbocycles. The van der Waals surface area contributed by atoms with E-state index in [4.69, 9.17) is 6.42 Å². The minimum Gasteiger partial charge on any atom is -0.393 e. The number of aliphatic hydroxyl groups is 1. The Kier molecular flexibility index (Phi) is 8.27. The molecule has 12 heavy (non-hydrogen) atoms. The highest BCUT2D eigenvalue weighted by molar-refractivity contribution is 4.82. The summed E-state index contributed by atoms with van der Waals surface area (Å²) in [6.07, 6.45) is 12.3. The van der Waals surface area contributed by atoms with Gasteiger partial charge in [-0.3, -0.25) is 0 Å². The summed E-state index contributed by atoms with van der Waals surface area (Å²) in [6.45, 7) is 2.10. The van der Waals surface area contributed by atoms with Gasteiger partial charge in [0.1, 0.15) is 0 Å². The van der Waals surface area contributed by atoms with Crippen molar-refractivity contribution >= 4 is 0 Å². The van der Waals surface area contributed by atoms with Crippen molar-refractivity contribution in [2.45, 2.75) is 58.0 Å². The van der Waals surface area contributed by atoms with E-state index in [2.05, 4.69) is 12.8 Å². The lowest BCUT2D eigenvalue weighted by molar-refractivity contribution is 0.150. The first-order valence-electron chi connectivity index (χ1n) is 4.92. The molecule has 0 rings (SSSR count). The molecule has 1 heteroatoms. The van der Waals surface area contributed by atoms with Gasteiger partial charge in [-0.05, 0) is 19.3 Å². The summed E-state index contributed by atoms with van der Waals surface area (Å²) >= 11 is 0. The van der Waals surface area contributed by atoms with Crippen LogP contribution in [0.25, 0.3) is 0 Å². The zero-order chi connectivity index (χ0) is 9.23. The molecular weight excluding hydrogens is 148 g/mol. The summed E-state index contributed by atoms with van der Waals surface area (Å²) in [5, 5.41) is 9.37. The zero-order valence-corrected chi connectivity index (χ0v) is 8.05. The van der Waals surface area contributed by atoms with Crippen molar-refractivity contribution in [1.29, 1.82) is 0 Å². The molecule has 0 fully saturated rings. The molecule has 1 atom stereocenters. The van der Waals surface area contributed by atoms with Gasteiger partial charge in [-0.15, -0.1) is 12.3 Å². The molecule has 1 nitrogen and oxygen atoms in total. The number of hydrogen-bond donors (Lipinski definition) is 1. The van der Waals surface area contributed by atoms with Crippen LogP contribution in [0.1, 0.15) is 51.9 Å². The topological polar surface area (TPSA) is 20.2 Å². The second-order valence-electron chi connectivity index (χ2n) is 3.25. The molecule has 1 unspecified atom stereocenters. The van der Waals surface area contributed by atoms with Crippen LogP contribution in [-0.2, 0) is 0 Å². The Hall–Kier alpha value is -0.480. The Balaban J connectivity index is 3.04. The van der Waals surface area contributed by atoms with E-state index < -0.39 is 0 Å². The lowest BCUT2D eigenvalue weighted by atomic mass is 10.1. The molecule has 1 N–H and O–H groups in total. The molecule has 0 amide bonds. The zero-order valence-electron chi connectivity index (χ0n) is 8.05. The van der Waals surface area contributed by atoms with Crippen LogP contribution < -0.4 is 0 Å². The third kappa shape index (κ3) is 7.63.